The Morgan fingerprint density at radius 2 is 2.22 bits per heavy atom. The van der Waals surface area contributed by atoms with Crippen LogP contribution in [0.2, 0.25) is 0 Å². The third-order valence-electron chi connectivity index (χ3n) is 3.91. The molecular formula is C13H18N2O2S. The van der Waals surface area contributed by atoms with Gasteiger partial charge in [0, 0.05) is 18.8 Å². The predicted octanol–water partition coefficient (Wildman–Crippen LogP) is 1.59. The van der Waals surface area contributed by atoms with E-state index in [4.69, 9.17) is 0 Å². The summed E-state index contributed by atoms with van der Waals surface area (Å²) in [5, 5.41) is 3.23. The van der Waals surface area contributed by atoms with E-state index in [2.05, 4.69) is 17.0 Å². The smallest absolute Gasteiger partial charge is 0.240 e. The van der Waals surface area contributed by atoms with Gasteiger partial charge in [-0.15, -0.1) is 0 Å². The topological polar surface area (TPSA) is 58.2 Å². The van der Waals surface area contributed by atoms with E-state index >= 15 is 0 Å². The van der Waals surface area contributed by atoms with E-state index in [1.807, 2.05) is 6.07 Å². The molecule has 98 valence electrons. The molecule has 18 heavy (non-hydrogen) atoms. The highest BCUT2D eigenvalue weighted by molar-refractivity contribution is 7.89. The lowest BCUT2D eigenvalue weighted by Gasteiger charge is -2.08. The summed E-state index contributed by atoms with van der Waals surface area (Å²) in [4.78, 5) is 0.387. The summed E-state index contributed by atoms with van der Waals surface area (Å²) in [5.74, 6) is 1.19. The Balaban J connectivity index is 1.76. The van der Waals surface area contributed by atoms with Gasteiger partial charge in [-0.25, -0.2) is 13.1 Å². The quantitative estimate of drug-likeness (QED) is 0.870. The Labute approximate surface area is 108 Å². The lowest BCUT2D eigenvalue weighted by Crippen LogP contribution is -2.26. The van der Waals surface area contributed by atoms with Gasteiger partial charge < -0.3 is 5.32 Å². The second-order valence-corrected chi connectivity index (χ2v) is 7.09. The van der Waals surface area contributed by atoms with Crippen LogP contribution in [0.5, 0.6) is 0 Å². The molecular weight excluding hydrogens is 248 g/mol. The van der Waals surface area contributed by atoms with Gasteiger partial charge >= 0.3 is 0 Å². The van der Waals surface area contributed by atoms with E-state index in [0.29, 0.717) is 23.3 Å². The summed E-state index contributed by atoms with van der Waals surface area (Å²) >= 11 is 0. The summed E-state index contributed by atoms with van der Waals surface area (Å²) < 4.78 is 27.0. The maximum atomic E-state index is 12.1. The second-order valence-electron chi connectivity index (χ2n) is 5.32. The van der Waals surface area contributed by atoms with Crippen LogP contribution in [0.3, 0.4) is 0 Å². The summed E-state index contributed by atoms with van der Waals surface area (Å²) in [7, 11) is -3.34. The van der Waals surface area contributed by atoms with E-state index in [0.717, 1.165) is 30.6 Å². The first-order chi connectivity index (χ1) is 8.56. The molecule has 0 saturated heterocycles. The minimum atomic E-state index is -3.34. The Hall–Kier alpha value is -1.07. The molecule has 1 aliphatic carbocycles. The van der Waals surface area contributed by atoms with Crippen molar-refractivity contribution in [1.82, 2.24) is 4.72 Å². The van der Waals surface area contributed by atoms with Crippen LogP contribution in [-0.2, 0) is 16.4 Å². The number of benzene rings is 1. The van der Waals surface area contributed by atoms with E-state index in [-0.39, 0.29) is 0 Å². The molecule has 4 nitrogen and oxygen atoms in total. The van der Waals surface area contributed by atoms with Crippen molar-refractivity contribution in [2.45, 2.75) is 24.7 Å². The highest BCUT2D eigenvalue weighted by atomic mass is 32.2. The molecule has 0 aromatic heterocycles. The fourth-order valence-corrected chi connectivity index (χ4v) is 3.58. The SMILES string of the molecule is CC1CC1CNS(=O)(=O)c1ccc2c(c1)CCN2. The summed E-state index contributed by atoms with van der Waals surface area (Å²) in [5.41, 5.74) is 2.16. The fourth-order valence-electron chi connectivity index (χ4n) is 2.43. The van der Waals surface area contributed by atoms with Crippen LogP contribution in [0.25, 0.3) is 0 Å². The number of sulfonamides is 1. The zero-order valence-electron chi connectivity index (χ0n) is 10.4. The number of hydrogen-bond acceptors (Lipinski definition) is 3. The highest BCUT2D eigenvalue weighted by Crippen LogP contribution is 2.37. The third-order valence-corrected chi connectivity index (χ3v) is 5.33. The van der Waals surface area contributed by atoms with Gasteiger partial charge in [0.05, 0.1) is 4.90 Å². The number of anilines is 1. The monoisotopic (exact) mass is 266 g/mol. The Morgan fingerprint density at radius 3 is 2.94 bits per heavy atom. The fraction of sp³-hybridized carbons (Fsp3) is 0.538. The molecule has 0 amide bonds. The van der Waals surface area contributed by atoms with Gasteiger partial charge in [-0.2, -0.15) is 0 Å². The van der Waals surface area contributed by atoms with Gasteiger partial charge in [0.25, 0.3) is 0 Å². The normalized spacial score (nSPS) is 25.6. The first-order valence-corrected chi connectivity index (χ1v) is 7.91. The predicted molar refractivity (Wildman–Crippen MR) is 71.1 cm³/mol. The molecule has 2 atom stereocenters. The molecule has 3 rings (SSSR count). The third kappa shape index (κ3) is 2.24. The summed E-state index contributed by atoms with van der Waals surface area (Å²) in [6.07, 6.45) is 2.04. The van der Waals surface area contributed by atoms with Gasteiger partial charge in [0.15, 0.2) is 0 Å². The molecule has 1 aromatic rings. The van der Waals surface area contributed by atoms with E-state index < -0.39 is 10.0 Å². The number of nitrogens with one attached hydrogen (secondary N) is 2. The van der Waals surface area contributed by atoms with Crippen LogP contribution in [0.1, 0.15) is 18.9 Å². The minimum absolute atomic E-state index is 0.387. The molecule has 0 spiro atoms. The molecule has 1 aromatic carbocycles. The van der Waals surface area contributed by atoms with Gasteiger partial charge in [0.1, 0.15) is 0 Å². The van der Waals surface area contributed by atoms with Crippen LogP contribution >= 0.6 is 0 Å². The maximum absolute atomic E-state index is 12.1. The number of hydrogen-bond donors (Lipinski definition) is 2. The van der Waals surface area contributed by atoms with Crippen LogP contribution < -0.4 is 10.0 Å². The summed E-state index contributed by atoms with van der Waals surface area (Å²) in [6.45, 7) is 3.62. The van der Waals surface area contributed by atoms with Crippen molar-refractivity contribution in [3.05, 3.63) is 23.8 Å². The molecule has 2 aliphatic rings. The number of rotatable bonds is 4. The van der Waals surface area contributed by atoms with E-state index in [9.17, 15) is 8.42 Å². The van der Waals surface area contributed by atoms with E-state index in [1.165, 1.54) is 0 Å². The standard InChI is InChI=1S/C13H18N2O2S/c1-9-6-11(9)8-15-18(16,17)12-2-3-13-10(7-12)4-5-14-13/h2-3,7,9,11,14-15H,4-6,8H2,1H3. The zero-order valence-corrected chi connectivity index (χ0v) is 11.3. The first kappa shape index (κ1) is 12.0. The average molecular weight is 266 g/mol. The molecule has 2 unspecified atom stereocenters. The highest BCUT2D eigenvalue weighted by Gasteiger charge is 2.33. The maximum Gasteiger partial charge on any atom is 0.240 e. The van der Waals surface area contributed by atoms with Crippen LogP contribution in [0, 0.1) is 11.8 Å². The molecule has 5 heteroatoms. The van der Waals surface area contributed by atoms with Crippen molar-refractivity contribution < 1.29 is 8.42 Å². The second kappa shape index (κ2) is 4.24. The Kier molecular flexibility index (Phi) is 2.83. The van der Waals surface area contributed by atoms with Gasteiger partial charge in [-0.1, -0.05) is 6.92 Å². The summed E-state index contributed by atoms with van der Waals surface area (Å²) in [6, 6.07) is 5.32. The zero-order chi connectivity index (χ0) is 12.8. The van der Waals surface area contributed by atoms with Crippen molar-refractivity contribution in [3.63, 3.8) is 0 Å². The van der Waals surface area contributed by atoms with Crippen molar-refractivity contribution in [1.29, 1.82) is 0 Å². The molecule has 1 aliphatic heterocycles. The van der Waals surface area contributed by atoms with Crippen LogP contribution in [-0.4, -0.2) is 21.5 Å². The van der Waals surface area contributed by atoms with Gasteiger partial charge in [0.2, 0.25) is 10.0 Å². The van der Waals surface area contributed by atoms with Crippen molar-refractivity contribution in [3.8, 4) is 0 Å². The lowest BCUT2D eigenvalue weighted by atomic mass is 10.2. The lowest BCUT2D eigenvalue weighted by molar-refractivity contribution is 0.574. The molecule has 1 saturated carbocycles. The van der Waals surface area contributed by atoms with Crippen LogP contribution in [0.4, 0.5) is 5.69 Å². The first-order valence-electron chi connectivity index (χ1n) is 6.43. The van der Waals surface area contributed by atoms with Crippen molar-refractivity contribution in [2.75, 3.05) is 18.4 Å². The molecule has 1 heterocycles. The minimum Gasteiger partial charge on any atom is -0.384 e. The van der Waals surface area contributed by atoms with Crippen LogP contribution in [0.15, 0.2) is 23.1 Å². The molecule has 1 fully saturated rings. The molecule has 0 radical (unpaired) electrons. The van der Waals surface area contributed by atoms with Crippen molar-refractivity contribution in [2.24, 2.45) is 11.8 Å². The average Bonchev–Trinajstić information content (AvgIpc) is 2.87. The molecule has 2 N–H and O–H groups in total. The van der Waals surface area contributed by atoms with Crippen molar-refractivity contribution >= 4 is 15.7 Å². The Bertz CT molecular complexity index is 568. The van der Waals surface area contributed by atoms with E-state index in [1.54, 1.807) is 12.1 Å². The number of fused-ring (bicyclic) bond motifs is 1. The molecule has 0 bridgehead atoms. The Morgan fingerprint density at radius 1 is 1.44 bits per heavy atom. The largest absolute Gasteiger partial charge is 0.384 e. The van der Waals surface area contributed by atoms with Gasteiger partial charge in [-0.05, 0) is 48.4 Å². The van der Waals surface area contributed by atoms with Gasteiger partial charge in [-0.3, -0.25) is 0 Å².